The van der Waals surface area contributed by atoms with E-state index in [1.807, 2.05) is 6.92 Å². The number of hydrogen-bond acceptors (Lipinski definition) is 1. The summed E-state index contributed by atoms with van der Waals surface area (Å²) in [4.78, 5) is 0. The minimum absolute atomic E-state index is 0.134. The fourth-order valence-electron chi connectivity index (χ4n) is 1.53. The molecule has 0 aliphatic heterocycles. The Labute approximate surface area is 110 Å². The van der Waals surface area contributed by atoms with Crippen LogP contribution in [0, 0.1) is 5.82 Å². The average molecular weight is 309 g/mol. The standard InChI is InChI=1S/C12H16BrClFN/c1-8(14)5-9(2)16-7-10-6-11(13)3-4-12(10)15/h3-4,6,8-9,16H,5,7H2,1-2H3. The van der Waals surface area contributed by atoms with Crippen LogP contribution >= 0.6 is 27.5 Å². The molecule has 16 heavy (non-hydrogen) atoms. The van der Waals surface area contributed by atoms with E-state index < -0.39 is 0 Å². The smallest absolute Gasteiger partial charge is 0.127 e. The summed E-state index contributed by atoms with van der Waals surface area (Å²) < 4.78 is 14.3. The molecule has 0 aliphatic rings. The predicted octanol–water partition coefficient (Wildman–Crippen LogP) is 4.08. The van der Waals surface area contributed by atoms with Gasteiger partial charge in [-0.05, 0) is 38.5 Å². The van der Waals surface area contributed by atoms with Crippen LogP contribution < -0.4 is 5.32 Å². The maximum Gasteiger partial charge on any atom is 0.127 e. The lowest BCUT2D eigenvalue weighted by Crippen LogP contribution is -2.27. The Hall–Kier alpha value is -0.120. The van der Waals surface area contributed by atoms with Gasteiger partial charge in [0.15, 0.2) is 0 Å². The number of halogens is 3. The maximum atomic E-state index is 13.4. The van der Waals surface area contributed by atoms with E-state index in [9.17, 15) is 4.39 Å². The molecule has 90 valence electrons. The second-order valence-electron chi connectivity index (χ2n) is 4.03. The molecular formula is C12H16BrClFN. The Bertz CT molecular complexity index is 344. The van der Waals surface area contributed by atoms with Crippen LogP contribution in [0.5, 0.6) is 0 Å². The fraction of sp³-hybridized carbons (Fsp3) is 0.500. The van der Waals surface area contributed by atoms with Crippen molar-refractivity contribution in [2.24, 2.45) is 0 Å². The number of hydrogen-bond donors (Lipinski definition) is 1. The third kappa shape index (κ3) is 4.81. The van der Waals surface area contributed by atoms with Crippen molar-refractivity contribution in [1.82, 2.24) is 5.32 Å². The molecule has 2 atom stereocenters. The molecule has 1 rings (SSSR count). The second-order valence-corrected chi connectivity index (χ2v) is 5.69. The first-order valence-electron chi connectivity index (χ1n) is 5.30. The van der Waals surface area contributed by atoms with Crippen molar-refractivity contribution < 1.29 is 4.39 Å². The third-order valence-electron chi connectivity index (χ3n) is 2.33. The first kappa shape index (κ1) is 13.9. The van der Waals surface area contributed by atoms with Crippen LogP contribution in [-0.4, -0.2) is 11.4 Å². The molecule has 1 N–H and O–H groups in total. The van der Waals surface area contributed by atoms with Gasteiger partial charge in [-0.1, -0.05) is 15.9 Å². The molecule has 1 nitrogen and oxygen atoms in total. The first-order chi connectivity index (χ1) is 7.49. The number of benzene rings is 1. The van der Waals surface area contributed by atoms with Gasteiger partial charge in [0.2, 0.25) is 0 Å². The Kier molecular flexibility index (Phi) is 5.73. The van der Waals surface area contributed by atoms with Gasteiger partial charge in [-0.3, -0.25) is 0 Å². The van der Waals surface area contributed by atoms with Crippen LogP contribution in [-0.2, 0) is 6.54 Å². The van der Waals surface area contributed by atoms with E-state index in [0.717, 1.165) is 10.9 Å². The van der Waals surface area contributed by atoms with Gasteiger partial charge in [0.25, 0.3) is 0 Å². The van der Waals surface area contributed by atoms with Gasteiger partial charge in [0.1, 0.15) is 5.82 Å². The molecule has 0 radical (unpaired) electrons. The molecule has 1 aromatic rings. The molecule has 0 spiro atoms. The second kappa shape index (κ2) is 6.58. The molecule has 0 fully saturated rings. The lowest BCUT2D eigenvalue weighted by molar-refractivity contribution is 0.499. The van der Waals surface area contributed by atoms with Gasteiger partial charge in [0.05, 0.1) is 0 Å². The predicted molar refractivity (Wildman–Crippen MR) is 70.3 cm³/mol. The molecular weight excluding hydrogens is 292 g/mol. The molecule has 0 heterocycles. The minimum atomic E-state index is -0.179. The molecule has 0 bridgehead atoms. The largest absolute Gasteiger partial charge is 0.310 e. The fourth-order valence-corrected chi connectivity index (χ4v) is 2.21. The highest BCUT2D eigenvalue weighted by Crippen LogP contribution is 2.15. The summed E-state index contributed by atoms with van der Waals surface area (Å²) in [5, 5.41) is 3.39. The van der Waals surface area contributed by atoms with Crippen molar-refractivity contribution >= 4 is 27.5 Å². The van der Waals surface area contributed by atoms with Crippen LogP contribution in [0.15, 0.2) is 22.7 Å². The van der Waals surface area contributed by atoms with E-state index in [2.05, 4.69) is 28.2 Å². The van der Waals surface area contributed by atoms with Crippen molar-refractivity contribution in [3.63, 3.8) is 0 Å². The Morgan fingerprint density at radius 1 is 1.44 bits per heavy atom. The van der Waals surface area contributed by atoms with Gasteiger partial charge in [-0.15, -0.1) is 11.6 Å². The zero-order valence-electron chi connectivity index (χ0n) is 9.43. The Morgan fingerprint density at radius 3 is 2.75 bits per heavy atom. The number of alkyl halides is 1. The quantitative estimate of drug-likeness (QED) is 0.808. The molecule has 0 amide bonds. The Morgan fingerprint density at radius 2 is 2.12 bits per heavy atom. The van der Waals surface area contributed by atoms with Crippen molar-refractivity contribution in [3.8, 4) is 0 Å². The zero-order chi connectivity index (χ0) is 12.1. The topological polar surface area (TPSA) is 12.0 Å². The molecule has 0 saturated heterocycles. The summed E-state index contributed by atoms with van der Waals surface area (Å²) in [6.07, 6.45) is 0.872. The van der Waals surface area contributed by atoms with E-state index >= 15 is 0 Å². The van der Waals surface area contributed by atoms with Gasteiger partial charge >= 0.3 is 0 Å². The molecule has 4 heteroatoms. The highest BCUT2D eigenvalue weighted by molar-refractivity contribution is 9.10. The van der Waals surface area contributed by atoms with Gasteiger partial charge in [0, 0.05) is 28.0 Å². The monoisotopic (exact) mass is 307 g/mol. The zero-order valence-corrected chi connectivity index (χ0v) is 11.8. The summed E-state index contributed by atoms with van der Waals surface area (Å²) in [5.41, 5.74) is 0.670. The van der Waals surface area contributed by atoms with Crippen molar-refractivity contribution in [2.45, 2.75) is 38.2 Å². The van der Waals surface area contributed by atoms with Gasteiger partial charge in [-0.25, -0.2) is 4.39 Å². The van der Waals surface area contributed by atoms with E-state index in [0.29, 0.717) is 12.1 Å². The van der Waals surface area contributed by atoms with E-state index in [1.165, 1.54) is 6.07 Å². The van der Waals surface area contributed by atoms with Crippen LogP contribution in [0.25, 0.3) is 0 Å². The van der Waals surface area contributed by atoms with Crippen LogP contribution in [0.2, 0.25) is 0 Å². The summed E-state index contributed by atoms with van der Waals surface area (Å²) in [6.45, 7) is 4.53. The highest BCUT2D eigenvalue weighted by Gasteiger charge is 2.07. The van der Waals surface area contributed by atoms with Crippen molar-refractivity contribution in [1.29, 1.82) is 0 Å². The van der Waals surface area contributed by atoms with Crippen LogP contribution in [0.4, 0.5) is 4.39 Å². The third-order valence-corrected chi connectivity index (χ3v) is 3.00. The lowest BCUT2D eigenvalue weighted by Gasteiger charge is -2.15. The molecule has 0 aromatic heterocycles. The molecule has 0 saturated carbocycles. The molecule has 1 aromatic carbocycles. The van der Waals surface area contributed by atoms with Crippen LogP contribution in [0.3, 0.4) is 0 Å². The minimum Gasteiger partial charge on any atom is -0.310 e. The average Bonchev–Trinajstić information content (AvgIpc) is 2.18. The number of nitrogens with one attached hydrogen (secondary N) is 1. The molecule has 2 unspecified atom stereocenters. The van der Waals surface area contributed by atoms with Gasteiger partial charge in [-0.2, -0.15) is 0 Å². The maximum absolute atomic E-state index is 13.4. The summed E-state index contributed by atoms with van der Waals surface area (Å²) in [6, 6.07) is 5.24. The normalized spacial score (nSPS) is 14.8. The first-order valence-corrected chi connectivity index (χ1v) is 6.53. The van der Waals surface area contributed by atoms with Crippen molar-refractivity contribution in [2.75, 3.05) is 0 Å². The van der Waals surface area contributed by atoms with E-state index in [1.54, 1.807) is 12.1 Å². The van der Waals surface area contributed by atoms with Crippen LogP contribution in [0.1, 0.15) is 25.8 Å². The van der Waals surface area contributed by atoms with E-state index in [-0.39, 0.29) is 17.2 Å². The SMILES string of the molecule is CC(Cl)CC(C)NCc1cc(Br)ccc1F. The Balaban J connectivity index is 2.51. The van der Waals surface area contributed by atoms with Gasteiger partial charge < -0.3 is 5.32 Å². The number of rotatable bonds is 5. The van der Waals surface area contributed by atoms with Crippen molar-refractivity contribution in [3.05, 3.63) is 34.1 Å². The summed E-state index contributed by atoms with van der Waals surface area (Å²) in [5.74, 6) is -0.179. The summed E-state index contributed by atoms with van der Waals surface area (Å²) >= 11 is 9.22. The lowest BCUT2D eigenvalue weighted by atomic mass is 10.1. The highest BCUT2D eigenvalue weighted by atomic mass is 79.9. The summed E-state index contributed by atoms with van der Waals surface area (Å²) in [7, 11) is 0. The van der Waals surface area contributed by atoms with E-state index in [4.69, 9.17) is 11.6 Å². The molecule has 0 aliphatic carbocycles.